The normalized spacial score (nSPS) is 10.9. The van der Waals surface area contributed by atoms with E-state index in [1.165, 1.54) is 10.8 Å². The number of rotatable bonds is 3. The quantitative estimate of drug-likeness (QED) is 0.760. The van der Waals surface area contributed by atoms with E-state index in [0.29, 0.717) is 0 Å². The average Bonchev–Trinajstić information content (AvgIpc) is 2.87. The van der Waals surface area contributed by atoms with E-state index in [-0.39, 0.29) is 0 Å². The van der Waals surface area contributed by atoms with Gasteiger partial charge in [0.25, 0.3) is 0 Å². The van der Waals surface area contributed by atoms with E-state index in [4.69, 9.17) is 0 Å². The lowest BCUT2D eigenvalue weighted by molar-refractivity contribution is 0.768. The van der Waals surface area contributed by atoms with Crippen molar-refractivity contribution >= 4 is 10.8 Å². The smallest absolute Gasteiger partial charge is 0.0969 e. The Balaban J connectivity index is 2.12. The van der Waals surface area contributed by atoms with Crippen LogP contribution in [-0.2, 0) is 6.54 Å². The molecule has 0 saturated carbocycles. The molecule has 90 valence electrons. The molecule has 0 amide bonds. The van der Waals surface area contributed by atoms with Crippen molar-refractivity contribution < 1.29 is 0 Å². The van der Waals surface area contributed by atoms with Crippen LogP contribution in [0.15, 0.2) is 48.7 Å². The number of aromatic nitrogens is 3. The Hall–Kier alpha value is -2.20. The number of benzene rings is 2. The molecule has 0 saturated heterocycles. The van der Waals surface area contributed by atoms with Gasteiger partial charge in [-0.2, -0.15) is 0 Å². The van der Waals surface area contributed by atoms with Crippen LogP contribution in [0.4, 0.5) is 0 Å². The molecule has 0 atom stereocenters. The largest absolute Gasteiger partial charge is 0.314 e. The first-order chi connectivity index (χ1) is 8.88. The summed E-state index contributed by atoms with van der Waals surface area (Å²) in [5.41, 5.74) is 1.99. The van der Waals surface area contributed by atoms with Gasteiger partial charge >= 0.3 is 0 Å². The Morgan fingerprint density at radius 3 is 2.83 bits per heavy atom. The molecule has 3 rings (SSSR count). The molecule has 4 nitrogen and oxygen atoms in total. The monoisotopic (exact) mass is 238 g/mol. The second-order valence-electron chi connectivity index (χ2n) is 4.18. The highest BCUT2D eigenvalue weighted by atomic mass is 15.4. The van der Waals surface area contributed by atoms with E-state index >= 15 is 0 Å². The number of hydrogen-bond acceptors (Lipinski definition) is 3. The van der Waals surface area contributed by atoms with E-state index in [9.17, 15) is 0 Å². The molecule has 0 spiro atoms. The Kier molecular flexibility index (Phi) is 2.78. The van der Waals surface area contributed by atoms with E-state index in [1.807, 2.05) is 36.1 Å². The summed E-state index contributed by atoms with van der Waals surface area (Å²) < 4.78 is 1.83. The van der Waals surface area contributed by atoms with Crippen LogP contribution in [0.2, 0.25) is 0 Å². The van der Waals surface area contributed by atoms with Crippen LogP contribution in [0.25, 0.3) is 16.5 Å². The summed E-state index contributed by atoms with van der Waals surface area (Å²) in [4.78, 5) is 0. The average molecular weight is 238 g/mol. The van der Waals surface area contributed by atoms with Crippen LogP contribution in [-0.4, -0.2) is 22.0 Å². The standard InChI is InChI=1S/C14H14N4/c1-15-9-12-10-18(17-16-12)14-8-4-6-11-5-2-3-7-13(11)14/h2-8,10,15H,9H2,1H3. The first-order valence-electron chi connectivity index (χ1n) is 5.92. The van der Waals surface area contributed by atoms with E-state index in [1.54, 1.807) is 0 Å². The van der Waals surface area contributed by atoms with Crippen molar-refractivity contribution in [2.45, 2.75) is 6.54 Å². The van der Waals surface area contributed by atoms with Gasteiger partial charge in [0.1, 0.15) is 0 Å². The highest BCUT2D eigenvalue weighted by Gasteiger charge is 2.05. The van der Waals surface area contributed by atoms with Crippen molar-refractivity contribution in [1.29, 1.82) is 0 Å². The van der Waals surface area contributed by atoms with Gasteiger partial charge in [-0.05, 0) is 18.5 Å². The summed E-state index contributed by atoms with van der Waals surface area (Å²) in [6, 6.07) is 14.5. The Labute approximate surface area is 105 Å². The van der Waals surface area contributed by atoms with Gasteiger partial charge in [0.15, 0.2) is 0 Å². The van der Waals surface area contributed by atoms with Gasteiger partial charge in [-0.1, -0.05) is 41.6 Å². The molecule has 1 N–H and O–H groups in total. The molecule has 0 unspecified atom stereocenters. The summed E-state index contributed by atoms with van der Waals surface area (Å²) in [6.07, 6.45) is 1.96. The zero-order chi connectivity index (χ0) is 12.4. The van der Waals surface area contributed by atoms with Crippen LogP contribution in [0, 0.1) is 0 Å². The molecular weight excluding hydrogens is 224 g/mol. The van der Waals surface area contributed by atoms with Gasteiger partial charge in [0.05, 0.1) is 17.6 Å². The van der Waals surface area contributed by atoms with E-state index in [0.717, 1.165) is 17.9 Å². The zero-order valence-corrected chi connectivity index (χ0v) is 10.2. The fourth-order valence-corrected chi connectivity index (χ4v) is 2.09. The molecule has 0 fully saturated rings. The SMILES string of the molecule is CNCc1cn(-c2cccc3ccccc23)nn1. The van der Waals surface area contributed by atoms with Crippen LogP contribution in [0.1, 0.15) is 5.69 Å². The Morgan fingerprint density at radius 1 is 1.11 bits per heavy atom. The summed E-state index contributed by atoms with van der Waals surface area (Å²) in [5, 5.41) is 13.8. The molecule has 0 bridgehead atoms. The lowest BCUT2D eigenvalue weighted by Crippen LogP contribution is -2.05. The molecule has 4 heteroatoms. The minimum Gasteiger partial charge on any atom is -0.314 e. The first kappa shape index (κ1) is 10.9. The summed E-state index contributed by atoms with van der Waals surface area (Å²) >= 11 is 0. The van der Waals surface area contributed by atoms with Gasteiger partial charge in [0, 0.05) is 11.9 Å². The highest BCUT2D eigenvalue weighted by Crippen LogP contribution is 2.21. The molecule has 3 aromatic rings. The number of hydrogen-bond donors (Lipinski definition) is 1. The molecule has 0 aliphatic heterocycles. The third-order valence-corrected chi connectivity index (χ3v) is 2.91. The Morgan fingerprint density at radius 2 is 1.94 bits per heavy atom. The van der Waals surface area contributed by atoms with Crippen molar-refractivity contribution in [2.24, 2.45) is 0 Å². The minimum atomic E-state index is 0.727. The third kappa shape index (κ3) is 1.87. The molecule has 0 aliphatic rings. The van der Waals surface area contributed by atoms with Crippen molar-refractivity contribution in [3.63, 3.8) is 0 Å². The van der Waals surface area contributed by atoms with Gasteiger partial charge < -0.3 is 5.32 Å². The molecule has 0 radical (unpaired) electrons. The van der Waals surface area contributed by atoms with Crippen molar-refractivity contribution in [1.82, 2.24) is 20.3 Å². The number of nitrogens with one attached hydrogen (secondary N) is 1. The number of nitrogens with zero attached hydrogens (tertiary/aromatic N) is 3. The zero-order valence-electron chi connectivity index (χ0n) is 10.2. The van der Waals surface area contributed by atoms with Crippen molar-refractivity contribution in [2.75, 3.05) is 7.05 Å². The predicted molar refractivity (Wildman–Crippen MR) is 71.6 cm³/mol. The first-order valence-corrected chi connectivity index (χ1v) is 5.92. The van der Waals surface area contributed by atoms with Gasteiger partial charge in [0.2, 0.25) is 0 Å². The topological polar surface area (TPSA) is 42.7 Å². The maximum Gasteiger partial charge on any atom is 0.0969 e. The molecule has 18 heavy (non-hydrogen) atoms. The number of fused-ring (bicyclic) bond motifs is 1. The van der Waals surface area contributed by atoms with E-state index in [2.05, 4.69) is 39.9 Å². The molecule has 1 heterocycles. The van der Waals surface area contributed by atoms with Crippen LogP contribution >= 0.6 is 0 Å². The predicted octanol–water partition coefficient (Wildman–Crippen LogP) is 2.14. The third-order valence-electron chi connectivity index (χ3n) is 2.91. The fraction of sp³-hybridized carbons (Fsp3) is 0.143. The fourth-order valence-electron chi connectivity index (χ4n) is 2.09. The lowest BCUT2D eigenvalue weighted by Gasteiger charge is -2.05. The van der Waals surface area contributed by atoms with Gasteiger partial charge in [-0.3, -0.25) is 0 Å². The lowest BCUT2D eigenvalue weighted by atomic mass is 10.1. The maximum atomic E-state index is 4.18. The Bertz CT molecular complexity index is 667. The molecule has 0 aliphatic carbocycles. The van der Waals surface area contributed by atoms with Crippen molar-refractivity contribution in [3.8, 4) is 5.69 Å². The second-order valence-corrected chi connectivity index (χ2v) is 4.18. The summed E-state index contributed by atoms with van der Waals surface area (Å²) in [5.74, 6) is 0. The maximum absolute atomic E-state index is 4.18. The summed E-state index contributed by atoms with van der Waals surface area (Å²) in [7, 11) is 1.90. The van der Waals surface area contributed by atoms with Gasteiger partial charge in [-0.25, -0.2) is 4.68 Å². The van der Waals surface area contributed by atoms with Gasteiger partial charge in [-0.15, -0.1) is 5.10 Å². The molecule has 2 aromatic carbocycles. The van der Waals surface area contributed by atoms with Crippen LogP contribution in [0.3, 0.4) is 0 Å². The second kappa shape index (κ2) is 4.58. The summed E-state index contributed by atoms with van der Waals surface area (Å²) in [6.45, 7) is 0.727. The minimum absolute atomic E-state index is 0.727. The van der Waals surface area contributed by atoms with E-state index < -0.39 is 0 Å². The van der Waals surface area contributed by atoms with Crippen LogP contribution in [0.5, 0.6) is 0 Å². The highest BCUT2D eigenvalue weighted by molar-refractivity contribution is 5.89. The molecule has 1 aromatic heterocycles. The molecular formula is C14H14N4. The van der Waals surface area contributed by atoms with Crippen molar-refractivity contribution in [3.05, 3.63) is 54.4 Å². The van der Waals surface area contributed by atoms with Crippen LogP contribution < -0.4 is 5.32 Å².